The van der Waals surface area contributed by atoms with E-state index in [-0.39, 0.29) is 13.2 Å². The van der Waals surface area contributed by atoms with Crippen molar-refractivity contribution < 1.29 is 23.8 Å². The number of benzene rings is 1. The van der Waals surface area contributed by atoms with E-state index in [1.165, 1.54) is 6.20 Å². The number of nitrogens with one attached hydrogen (secondary N) is 1. The fraction of sp³-hybridized carbons (Fsp3) is 0.208. The van der Waals surface area contributed by atoms with Gasteiger partial charge in [-0.2, -0.15) is 5.10 Å². The molecule has 0 aliphatic heterocycles. The summed E-state index contributed by atoms with van der Waals surface area (Å²) in [6, 6.07) is 11.4. The number of hydrogen-bond donors (Lipinski definition) is 1. The molecule has 4 rings (SSSR count). The number of hydrogen-bond acceptors (Lipinski definition) is 9. The molecule has 0 spiro atoms. The van der Waals surface area contributed by atoms with Crippen LogP contribution < -0.4 is 10.1 Å². The summed E-state index contributed by atoms with van der Waals surface area (Å²) in [7, 11) is 0. The predicted molar refractivity (Wildman–Crippen MR) is 124 cm³/mol. The molecule has 0 fully saturated rings. The molecule has 0 aliphatic carbocycles. The summed E-state index contributed by atoms with van der Waals surface area (Å²) in [5.74, 6) is -0.515. The van der Waals surface area contributed by atoms with Crippen LogP contribution in [0.4, 0.5) is 5.69 Å². The Morgan fingerprint density at radius 1 is 1.00 bits per heavy atom. The summed E-state index contributed by atoms with van der Waals surface area (Å²) < 4.78 is 17.6. The Balaban J connectivity index is 1.46. The lowest BCUT2D eigenvalue weighted by molar-refractivity contribution is -0.155. The highest BCUT2D eigenvalue weighted by Gasteiger charge is 2.29. The van der Waals surface area contributed by atoms with Crippen molar-refractivity contribution in [1.82, 2.24) is 19.7 Å². The zero-order valence-electron chi connectivity index (χ0n) is 18.7. The molecule has 3 aromatic heterocycles. The molecule has 0 saturated carbocycles. The molecule has 174 valence electrons. The highest BCUT2D eigenvalue weighted by Crippen LogP contribution is 2.26. The Morgan fingerprint density at radius 2 is 1.79 bits per heavy atom. The van der Waals surface area contributed by atoms with Gasteiger partial charge in [0.25, 0.3) is 0 Å². The second-order valence-corrected chi connectivity index (χ2v) is 7.06. The van der Waals surface area contributed by atoms with Gasteiger partial charge >= 0.3 is 11.9 Å². The molecule has 0 bridgehead atoms. The van der Waals surface area contributed by atoms with Gasteiger partial charge in [-0.25, -0.2) is 19.3 Å². The van der Waals surface area contributed by atoms with Gasteiger partial charge in [-0.05, 0) is 50.2 Å². The Morgan fingerprint density at radius 3 is 2.44 bits per heavy atom. The molecule has 0 saturated heterocycles. The van der Waals surface area contributed by atoms with Gasteiger partial charge in [0.2, 0.25) is 11.9 Å². The zero-order chi connectivity index (χ0) is 23.9. The van der Waals surface area contributed by atoms with Crippen molar-refractivity contribution in [2.75, 3.05) is 18.5 Å². The standard InChI is InChI=1S/C24H23N5O5/c1-3-32-23(30)22(24(31)33-4-2)28-17-7-10-21(26-14-17)34-19-8-9-20-16(12-19)13-27-29(20)18-6-5-11-25-15-18/h5-15,22,28H,3-4H2,1-2H3. The first-order valence-electron chi connectivity index (χ1n) is 10.7. The van der Waals surface area contributed by atoms with Crippen LogP contribution >= 0.6 is 0 Å². The Kier molecular flexibility index (Phi) is 6.97. The summed E-state index contributed by atoms with van der Waals surface area (Å²) in [6.07, 6.45) is 6.66. The fourth-order valence-electron chi connectivity index (χ4n) is 3.24. The second kappa shape index (κ2) is 10.4. The first-order chi connectivity index (χ1) is 16.6. The van der Waals surface area contributed by atoms with Crippen LogP contribution in [0.25, 0.3) is 16.6 Å². The summed E-state index contributed by atoms with van der Waals surface area (Å²) in [6.45, 7) is 3.61. The molecule has 0 unspecified atom stereocenters. The average Bonchev–Trinajstić information content (AvgIpc) is 3.27. The molecule has 10 nitrogen and oxygen atoms in total. The van der Waals surface area contributed by atoms with Crippen LogP contribution in [0.2, 0.25) is 0 Å². The van der Waals surface area contributed by atoms with Crippen LogP contribution in [0.3, 0.4) is 0 Å². The summed E-state index contributed by atoms with van der Waals surface area (Å²) in [4.78, 5) is 32.6. The maximum atomic E-state index is 12.1. The average molecular weight is 461 g/mol. The van der Waals surface area contributed by atoms with Crippen molar-refractivity contribution in [3.05, 3.63) is 67.3 Å². The minimum Gasteiger partial charge on any atom is -0.464 e. The maximum absolute atomic E-state index is 12.1. The number of rotatable bonds is 9. The van der Waals surface area contributed by atoms with Gasteiger partial charge in [-0.15, -0.1) is 0 Å². The van der Waals surface area contributed by atoms with Gasteiger partial charge in [-0.3, -0.25) is 4.98 Å². The van der Waals surface area contributed by atoms with Crippen molar-refractivity contribution in [1.29, 1.82) is 0 Å². The number of anilines is 1. The number of fused-ring (bicyclic) bond motifs is 1. The van der Waals surface area contributed by atoms with E-state index in [0.29, 0.717) is 17.3 Å². The third kappa shape index (κ3) is 5.12. The lowest BCUT2D eigenvalue weighted by atomic mass is 10.2. The number of carbonyl (C=O) groups is 2. The number of ether oxygens (including phenoxy) is 3. The smallest absolute Gasteiger partial charge is 0.340 e. The van der Waals surface area contributed by atoms with Crippen LogP contribution in [-0.4, -0.2) is 50.9 Å². The van der Waals surface area contributed by atoms with Crippen molar-refractivity contribution in [3.63, 3.8) is 0 Å². The first-order valence-corrected chi connectivity index (χ1v) is 10.7. The van der Waals surface area contributed by atoms with Crippen LogP contribution in [0.5, 0.6) is 11.6 Å². The van der Waals surface area contributed by atoms with Crippen LogP contribution in [0, 0.1) is 0 Å². The molecule has 0 amide bonds. The van der Waals surface area contributed by atoms with Crippen molar-refractivity contribution in [3.8, 4) is 17.3 Å². The third-order valence-corrected chi connectivity index (χ3v) is 4.74. The Bertz CT molecular complexity index is 1260. The molecule has 1 aromatic carbocycles. The molecule has 1 N–H and O–H groups in total. The highest BCUT2D eigenvalue weighted by atomic mass is 16.6. The van der Waals surface area contributed by atoms with Crippen molar-refractivity contribution in [2.24, 2.45) is 0 Å². The van der Waals surface area contributed by atoms with E-state index < -0.39 is 18.0 Å². The number of esters is 2. The molecule has 10 heteroatoms. The molecule has 34 heavy (non-hydrogen) atoms. The van der Waals surface area contributed by atoms with Gasteiger partial charge in [0.05, 0.1) is 48.7 Å². The summed E-state index contributed by atoms with van der Waals surface area (Å²) in [5.41, 5.74) is 2.21. The fourth-order valence-corrected chi connectivity index (χ4v) is 3.24. The molecule has 0 radical (unpaired) electrons. The van der Waals surface area contributed by atoms with Crippen molar-refractivity contribution in [2.45, 2.75) is 19.9 Å². The number of aromatic nitrogens is 4. The number of pyridine rings is 2. The van der Waals surface area contributed by atoms with E-state index in [0.717, 1.165) is 16.6 Å². The first kappa shape index (κ1) is 22.7. The second-order valence-electron chi connectivity index (χ2n) is 7.06. The van der Waals surface area contributed by atoms with Crippen molar-refractivity contribution >= 4 is 28.5 Å². The third-order valence-electron chi connectivity index (χ3n) is 4.74. The maximum Gasteiger partial charge on any atom is 0.340 e. The van der Waals surface area contributed by atoms with Crippen LogP contribution in [0.1, 0.15) is 13.8 Å². The predicted octanol–water partition coefficient (Wildman–Crippen LogP) is 3.51. The van der Waals surface area contributed by atoms with E-state index in [1.54, 1.807) is 49.3 Å². The highest BCUT2D eigenvalue weighted by molar-refractivity contribution is 6.02. The lowest BCUT2D eigenvalue weighted by Gasteiger charge is -2.16. The molecule has 0 atom stereocenters. The van der Waals surface area contributed by atoms with E-state index in [2.05, 4.69) is 20.4 Å². The lowest BCUT2D eigenvalue weighted by Crippen LogP contribution is -2.40. The largest absolute Gasteiger partial charge is 0.464 e. The van der Waals surface area contributed by atoms with E-state index in [1.807, 2.05) is 30.3 Å². The van der Waals surface area contributed by atoms with Crippen LogP contribution in [0.15, 0.2) is 67.3 Å². The molecular formula is C24H23N5O5. The van der Waals surface area contributed by atoms with E-state index in [9.17, 15) is 9.59 Å². The molecule has 3 heterocycles. The van der Waals surface area contributed by atoms with Crippen LogP contribution in [-0.2, 0) is 19.1 Å². The quantitative estimate of drug-likeness (QED) is 0.295. The summed E-state index contributed by atoms with van der Waals surface area (Å²) in [5, 5.41) is 8.12. The number of nitrogens with zero attached hydrogens (tertiary/aromatic N) is 4. The van der Waals surface area contributed by atoms with Gasteiger partial charge in [0, 0.05) is 17.6 Å². The van der Waals surface area contributed by atoms with Gasteiger partial charge < -0.3 is 19.5 Å². The van der Waals surface area contributed by atoms with E-state index >= 15 is 0 Å². The van der Waals surface area contributed by atoms with E-state index in [4.69, 9.17) is 14.2 Å². The Labute approximate surface area is 195 Å². The van der Waals surface area contributed by atoms with Gasteiger partial charge in [-0.1, -0.05) is 0 Å². The monoisotopic (exact) mass is 461 g/mol. The summed E-state index contributed by atoms with van der Waals surface area (Å²) >= 11 is 0. The van der Waals surface area contributed by atoms with Gasteiger partial charge in [0.15, 0.2) is 0 Å². The Hall–Kier alpha value is -4.47. The minimum atomic E-state index is -1.28. The molecule has 4 aromatic rings. The minimum absolute atomic E-state index is 0.146. The SMILES string of the molecule is CCOC(=O)C(Nc1ccc(Oc2ccc3c(cnn3-c3cccnc3)c2)nc1)C(=O)OCC. The molecular weight excluding hydrogens is 438 g/mol. The number of carbonyl (C=O) groups excluding carboxylic acids is 2. The molecule has 0 aliphatic rings. The van der Waals surface area contributed by atoms with Gasteiger partial charge in [0.1, 0.15) is 5.75 Å². The zero-order valence-corrected chi connectivity index (χ0v) is 18.7. The topological polar surface area (TPSA) is 117 Å². The normalized spacial score (nSPS) is 10.8.